The van der Waals surface area contributed by atoms with Gasteiger partial charge >= 0.3 is 5.97 Å². The van der Waals surface area contributed by atoms with E-state index in [1.807, 2.05) is 20.8 Å². The molecule has 0 spiro atoms. The van der Waals surface area contributed by atoms with Gasteiger partial charge in [0, 0.05) is 17.7 Å². The first-order chi connectivity index (χ1) is 8.49. The number of aromatic carboxylic acids is 1. The molecule has 0 saturated heterocycles. The third-order valence-corrected chi connectivity index (χ3v) is 2.64. The van der Waals surface area contributed by atoms with Gasteiger partial charge in [-0.25, -0.2) is 9.78 Å². The van der Waals surface area contributed by atoms with Crippen molar-refractivity contribution in [3.8, 4) is 0 Å². The topological polar surface area (TPSA) is 62.2 Å². The van der Waals surface area contributed by atoms with Gasteiger partial charge < -0.3 is 10.4 Å². The van der Waals surface area contributed by atoms with E-state index >= 15 is 0 Å². The second-order valence-corrected chi connectivity index (χ2v) is 7.10. The quantitative estimate of drug-likeness (QED) is 0.876. The Kier molecular flexibility index (Phi) is 4.23. The number of pyridine rings is 1. The molecule has 0 aliphatic heterocycles. The number of anilines is 1. The summed E-state index contributed by atoms with van der Waals surface area (Å²) >= 11 is 0. The highest BCUT2D eigenvalue weighted by molar-refractivity contribution is 5.88. The van der Waals surface area contributed by atoms with Crippen LogP contribution in [0.1, 0.15) is 57.6 Å². The van der Waals surface area contributed by atoms with Crippen molar-refractivity contribution in [3.05, 3.63) is 23.4 Å². The lowest BCUT2D eigenvalue weighted by Crippen LogP contribution is -2.21. The Labute approximate surface area is 115 Å². The Morgan fingerprint density at radius 2 is 1.79 bits per heavy atom. The Bertz CT molecular complexity index is 468. The van der Waals surface area contributed by atoms with Crippen LogP contribution in [0.3, 0.4) is 0 Å². The van der Waals surface area contributed by atoms with Crippen LogP contribution in [0.2, 0.25) is 0 Å². The number of carboxylic acid groups (broad SMARTS) is 1. The Hall–Kier alpha value is -1.58. The zero-order valence-corrected chi connectivity index (χ0v) is 12.7. The predicted molar refractivity (Wildman–Crippen MR) is 77.8 cm³/mol. The normalized spacial score (nSPS) is 12.3. The van der Waals surface area contributed by atoms with Crippen molar-refractivity contribution in [2.24, 2.45) is 5.41 Å². The number of aromatic nitrogens is 1. The average molecular weight is 264 g/mol. The zero-order chi connectivity index (χ0) is 14.8. The number of hydrogen-bond acceptors (Lipinski definition) is 3. The average Bonchev–Trinajstić information content (AvgIpc) is 2.23. The van der Waals surface area contributed by atoms with Gasteiger partial charge in [-0.05, 0) is 17.5 Å². The third kappa shape index (κ3) is 4.89. The number of hydrogen-bond donors (Lipinski definition) is 2. The minimum Gasteiger partial charge on any atom is -0.478 e. The largest absolute Gasteiger partial charge is 0.478 e. The Morgan fingerprint density at radius 1 is 1.21 bits per heavy atom. The molecule has 0 aliphatic carbocycles. The van der Waals surface area contributed by atoms with Crippen molar-refractivity contribution >= 4 is 11.8 Å². The predicted octanol–water partition coefficient (Wildman–Crippen LogP) is 3.54. The summed E-state index contributed by atoms with van der Waals surface area (Å²) in [7, 11) is 0. The molecule has 0 atom stereocenters. The van der Waals surface area contributed by atoms with Gasteiger partial charge in [0.1, 0.15) is 5.82 Å². The highest BCUT2D eigenvalue weighted by Gasteiger charge is 2.19. The first-order valence-electron chi connectivity index (χ1n) is 6.49. The van der Waals surface area contributed by atoms with Gasteiger partial charge in [0.05, 0.1) is 5.56 Å². The molecule has 0 saturated carbocycles. The molecule has 19 heavy (non-hydrogen) atoms. The summed E-state index contributed by atoms with van der Waals surface area (Å²) in [5.74, 6) is -0.300. The highest BCUT2D eigenvalue weighted by atomic mass is 16.4. The molecule has 1 heterocycles. The second kappa shape index (κ2) is 5.19. The summed E-state index contributed by atoms with van der Waals surface area (Å²) in [4.78, 5) is 15.7. The molecule has 0 aromatic carbocycles. The van der Waals surface area contributed by atoms with E-state index in [0.717, 1.165) is 12.2 Å². The molecule has 1 aromatic heterocycles. The minimum atomic E-state index is -0.924. The first-order valence-corrected chi connectivity index (χ1v) is 6.49. The van der Waals surface area contributed by atoms with Crippen molar-refractivity contribution in [3.63, 3.8) is 0 Å². The maximum Gasteiger partial charge on any atom is 0.335 e. The van der Waals surface area contributed by atoms with Crippen LogP contribution >= 0.6 is 0 Å². The summed E-state index contributed by atoms with van der Waals surface area (Å²) in [6.07, 6.45) is 0. The molecule has 0 fully saturated rings. The van der Waals surface area contributed by atoms with Crippen molar-refractivity contribution in [1.82, 2.24) is 4.98 Å². The lowest BCUT2D eigenvalue weighted by molar-refractivity contribution is 0.0696. The standard InChI is InChI=1S/C15H24N2O2/c1-14(2,3)9-16-12-8-10(13(18)19)7-11(17-12)15(4,5)6/h7-8H,9H2,1-6H3,(H,16,17)(H,18,19). The first kappa shape index (κ1) is 15.5. The van der Waals surface area contributed by atoms with Gasteiger partial charge in [-0.1, -0.05) is 41.5 Å². The van der Waals surface area contributed by atoms with Gasteiger partial charge in [0.25, 0.3) is 0 Å². The van der Waals surface area contributed by atoms with Crippen LogP contribution in [0, 0.1) is 5.41 Å². The summed E-state index contributed by atoms with van der Waals surface area (Å²) in [6, 6.07) is 3.23. The summed E-state index contributed by atoms with van der Waals surface area (Å²) < 4.78 is 0. The van der Waals surface area contributed by atoms with E-state index in [9.17, 15) is 9.90 Å². The van der Waals surface area contributed by atoms with Crippen molar-refractivity contribution in [2.75, 3.05) is 11.9 Å². The molecule has 4 heteroatoms. The van der Waals surface area contributed by atoms with Crippen molar-refractivity contribution in [2.45, 2.75) is 47.0 Å². The summed E-state index contributed by atoms with van der Waals surface area (Å²) in [5.41, 5.74) is 0.993. The zero-order valence-electron chi connectivity index (χ0n) is 12.7. The Morgan fingerprint density at radius 3 is 2.21 bits per heavy atom. The molecule has 0 amide bonds. The van der Waals surface area contributed by atoms with Crippen LogP contribution < -0.4 is 5.32 Å². The van der Waals surface area contributed by atoms with E-state index in [-0.39, 0.29) is 16.4 Å². The Balaban J connectivity index is 3.11. The van der Waals surface area contributed by atoms with Gasteiger partial charge in [-0.3, -0.25) is 0 Å². The van der Waals surface area contributed by atoms with E-state index in [1.165, 1.54) is 0 Å². The maximum atomic E-state index is 11.2. The minimum absolute atomic E-state index is 0.114. The maximum absolute atomic E-state index is 11.2. The van der Waals surface area contributed by atoms with E-state index in [4.69, 9.17) is 0 Å². The van der Waals surface area contributed by atoms with Crippen LogP contribution in [0.15, 0.2) is 12.1 Å². The van der Waals surface area contributed by atoms with Crippen LogP contribution in [-0.4, -0.2) is 22.6 Å². The van der Waals surface area contributed by atoms with Gasteiger partial charge in [-0.2, -0.15) is 0 Å². The van der Waals surface area contributed by atoms with E-state index in [0.29, 0.717) is 5.82 Å². The van der Waals surface area contributed by atoms with E-state index in [1.54, 1.807) is 12.1 Å². The lowest BCUT2D eigenvalue weighted by atomic mass is 9.90. The molecule has 0 radical (unpaired) electrons. The van der Waals surface area contributed by atoms with Crippen molar-refractivity contribution < 1.29 is 9.90 Å². The summed E-state index contributed by atoms with van der Waals surface area (Å²) in [5, 5.41) is 12.4. The fraction of sp³-hybridized carbons (Fsp3) is 0.600. The molecule has 2 N–H and O–H groups in total. The van der Waals surface area contributed by atoms with Crippen LogP contribution in [-0.2, 0) is 5.41 Å². The molecule has 1 rings (SSSR count). The van der Waals surface area contributed by atoms with Crippen LogP contribution in [0.4, 0.5) is 5.82 Å². The van der Waals surface area contributed by atoms with Crippen LogP contribution in [0.5, 0.6) is 0 Å². The molecule has 106 valence electrons. The number of carbonyl (C=O) groups is 1. The summed E-state index contributed by atoms with van der Waals surface area (Å²) in [6.45, 7) is 13.2. The number of nitrogens with zero attached hydrogens (tertiary/aromatic N) is 1. The molecular weight excluding hydrogens is 240 g/mol. The van der Waals surface area contributed by atoms with Crippen molar-refractivity contribution in [1.29, 1.82) is 0 Å². The molecule has 4 nitrogen and oxygen atoms in total. The van der Waals surface area contributed by atoms with E-state index < -0.39 is 5.97 Å². The third-order valence-electron chi connectivity index (χ3n) is 2.64. The number of rotatable bonds is 3. The molecule has 0 aliphatic rings. The molecule has 0 bridgehead atoms. The fourth-order valence-corrected chi connectivity index (χ4v) is 1.48. The number of nitrogens with one attached hydrogen (secondary N) is 1. The fourth-order valence-electron chi connectivity index (χ4n) is 1.48. The SMILES string of the molecule is CC(C)(C)CNc1cc(C(=O)O)cc(C(C)(C)C)n1. The van der Waals surface area contributed by atoms with Crippen LogP contribution in [0.25, 0.3) is 0 Å². The monoisotopic (exact) mass is 264 g/mol. The van der Waals surface area contributed by atoms with Gasteiger partial charge in [0.15, 0.2) is 0 Å². The molecular formula is C15H24N2O2. The van der Waals surface area contributed by atoms with E-state index in [2.05, 4.69) is 31.1 Å². The van der Waals surface area contributed by atoms with Gasteiger partial charge in [0.2, 0.25) is 0 Å². The molecule has 0 unspecified atom stereocenters. The second-order valence-electron chi connectivity index (χ2n) is 7.10. The smallest absolute Gasteiger partial charge is 0.335 e. The lowest BCUT2D eigenvalue weighted by Gasteiger charge is -2.22. The number of carboxylic acids is 1. The van der Waals surface area contributed by atoms with Gasteiger partial charge in [-0.15, -0.1) is 0 Å². The molecule has 1 aromatic rings. The highest BCUT2D eigenvalue weighted by Crippen LogP contribution is 2.24.